The molecule has 1 aromatic heterocycles. The molecular weight excluding hydrogens is 350 g/mol. The van der Waals surface area contributed by atoms with Crippen LogP contribution >= 0.6 is 0 Å². The maximum atomic E-state index is 13.0. The Kier molecular flexibility index (Phi) is 7.07. The predicted octanol–water partition coefficient (Wildman–Crippen LogP) is 3.68. The fourth-order valence-electron chi connectivity index (χ4n) is 2.88. The Bertz CT molecular complexity index is 873. The summed E-state index contributed by atoms with van der Waals surface area (Å²) in [6.45, 7) is 4.07. The summed E-state index contributed by atoms with van der Waals surface area (Å²) in [7, 11) is 0. The highest BCUT2D eigenvalue weighted by atomic mass is 16.2. The molecule has 0 fully saturated rings. The highest BCUT2D eigenvalue weighted by molar-refractivity contribution is 5.94. The standard InChI is InChI=1S/C22H25N5O/c1-2-3-15-26(16-7-10-19-8-5-4-6-9-19)22(28)21-13-11-20(12-14-21)17-27-18-23-24-25-27/h4-14,18H,2-3,15-17H2,1H3. The Balaban J connectivity index is 1.65. The monoisotopic (exact) mass is 375 g/mol. The zero-order valence-electron chi connectivity index (χ0n) is 16.1. The normalized spacial score (nSPS) is 11.0. The van der Waals surface area contributed by atoms with Crippen molar-refractivity contribution in [2.45, 2.75) is 26.3 Å². The largest absolute Gasteiger partial charge is 0.335 e. The average Bonchev–Trinajstić information content (AvgIpc) is 3.24. The molecule has 3 aromatic rings. The van der Waals surface area contributed by atoms with Gasteiger partial charge in [0.25, 0.3) is 5.91 Å². The number of carbonyl (C=O) groups excluding carboxylic acids is 1. The Labute approximate surface area is 165 Å². The van der Waals surface area contributed by atoms with Crippen molar-refractivity contribution < 1.29 is 4.79 Å². The van der Waals surface area contributed by atoms with Crippen molar-refractivity contribution in [3.8, 4) is 0 Å². The average molecular weight is 375 g/mol. The third kappa shape index (κ3) is 5.61. The van der Waals surface area contributed by atoms with Gasteiger partial charge < -0.3 is 4.90 Å². The van der Waals surface area contributed by atoms with Crippen molar-refractivity contribution in [3.63, 3.8) is 0 Å². The summed E-state index contributed by atoms with van der Waals surface area (Å²) in [6, 6.07) is 17.8. The van der Waals surface area contributed by atoms with Crippen LogP contribution in [0.1, 0.15) is 41.3 Å². The molecule has 0 saturated carbocycles. The first-order valence-electron chi connectivity index (χ1n) is 9.57. The van der Waals surface area contributed by atoms with Crippen LogP contribution in [0.5, 0.6) is 0 Å². The highest BCUT2D eigenvalue weighted by Gasteiger charge is 2.14. The quantitative estimate of drug-likeness (QED) is 0.572. The molecule has 0 saturated heterocycles. The van der Waals surface area contributed by atoms with Gasteiger partial charge in [-0.1, -0.05) is 68.0 Å². The molecule has 0 unspecified atom stereocenters. The topological polar surface area (TPSA) is 63.9 Å². The van der Waals surface area contributed by atoms with Gasteiger partial charge in [0.1, 0.15) is 6.33 Å². The van der Waals surface area contributed by atoms with Crippen LogP contribution in [0.3, 0.4) is 0 Å². The molecule has 0 aliphatic carbocycles. The predicted molar refractivity (Wildman–Crippen MR) is 110 cm³/mol. The van der Waals surface area contributed by atoms with E-state index >= 15 is 0 Å². The van der Waals surface area contributed by atoms with E-state index in [0.29, 0.717) is 18.7 Å². The first-order valence-corrected chi connectivity index (χ1v) is 9.57. The SMILES string of the molecule is CCCCN(CC=Cc1ccccc1)C(=O)c1ccc(Cn2cnnn2)cc1. The van der Waals surface area contributed by atoms with Crippen molar-refractivity contribution in [2.75, 3.05) is 13.1 Å². The summed E-state index contributed by atoms with van der Waals surface area (Å²) in [5.74, 6) is 0.0557. The van der Waals surface area contributed by atoms with Crippen LogP contribution in [0.2, 0.25) is 0 Å². The van der Waals surface area contributed by atoms with E-state index in [2.05, 4.69) is 46.7 Å². The minimum atomic E-state index is 0.0557. The third-order valence-electron chi connectivity index (χ3n) is 4.44. The minimum absolute atomic E-state index is 0.0557. The maximum Gasteiger partial charge on any atom is 0.254 e. The van der Waals surface area contributed by atoms with E-state index in [1.807, 2.05) is 47.4 Å². The van der Waals surface area contributed by atoms with Crippen molar-refractivity contribution in [3.05, 3.63) is 83.7 Å². The Hall–Kier alpha value is -3.28. The number of rotatable bonds is 9. The molecule has 0 N–H and O–H groups in total. The number of unbranched alkanes of at least 4 members (excludes halogenated alkanes) is 1. The first kappa shape index (κ1) is 19.5. The smallest absolute Gasteiger partial charge is 0.254 e. The van der Waals surface area contributed by atoms with Gasteiger partial charge in [-0.25, -0.2) is 4.68 Å². The van der Waals surface area contributed by atoms with Gasteiger partial charge >= 0.3 is 0 Å². The van der Waals surface area contributed by atoms with E-state index in [1.165, 1.54) is 0 Å². The molecule has 6 nitrogen and oxygen atoms in total. The number of amides is 1. The van der Waals surface area contributed by atoms with Gasteiger partial charge in [0.15, 0.2) is 0 Å². The van der Waals surface area contributed by atoms with E-state index in [1.54, 1.807) is 11.0 Å². The summed E-state index contributed by atoms with van der Waals surface area (Å²) >= 11 is 0. The summed E-state index contributed by atoms with van der Waals surface area (Å²) in [5.41, 5.74) is 2.88. The summed E-state index contributed by atoms with van der Waals surface area (Å²) in [4.78, 5) is 14.9. The van der Waals surface area contributed by atoms with Gasteiger partial charge in [-0.05, 0) is 40.1 Å². The van der Waals surface area contributed by atoms with Crippen LogP contribution < -0.4 is 0 Å². The fraction of sp³-hybridized carbons (Fsp3) is 0.273. The van der Waals surface area contributed by atoms with Crippen molar-refractivity contribution >= 4 is 12.0 Å². The summed E-state index contributed by atoms with van der Waals surface area (Å²) in [5, 5.41) is 11.1. The van der Waals surface area contributed by atoms with Crippen LogP contribution in [0, 0.1) is 0 Å². The Morgan fingerprint density at radius 3 is 2.57 bits per heavy atom. The lowest BCUT2D eigenvalue weighted by molar-refractivity contribution is 0.0772. The molecule has 0 bridgehead atoms. The molecule has 0 aliphatic heterocycles. The number of carbonyl (C=O) groups is 1. The lowest BCUT2D eigenvalue weighted by Crippen LogP contribution is -2.32. The molecule has 2 aromatic carbocycles. The van der Waals surface area contributed by atoms with Crippen molar-refractivity contribution in [2.24, 2.45) is 0 Å². The molecule has 0 spiro atoms. The number of hydrogen-bond donors (Lipinski definition) is 0. The van der Waals surface area contributed by atoms with Crippen molar-refractivity contribution in [1.29, 1.82) is 0 Å². The molecule has 0 atom stereocenters. The molecular formula is C22H25N5O. The van der Waals surface area contributed by atoms with E-state index < -0.39 is 0 Å². The minimum Gasteiger partial charge on any atom is -0.335 e. The van der Waals surface area contributed by atoms with Crippen LogP contribution in [0.4, 0.5) is 0 Å². The lowest BCUT2D eigenvalue weighted by atomic mass is 10.1. The van der Waals surface area contributed by atoms with Gasteiger partial charge in [-0.2, -0.15) is 0 Å². The zero-order valence-corrected chi connectivity index (χ0v) is 16.1. The van der Waals surface area contributed by atoms with Crippen LogP contribution in [0.15, 0.2) is 67.0 Å². The van der Waals surface area contributed by atoms with Gasteiger partial charge in [-0.15, -0.1) is 5.10 Å². The second kappa shape index (κ2) is 10.2. The zero-order chi connectivity index (χ0) is 19.6. The molecule has 28 heavy (non-hydrogen) atoms. The second-order valence-corrected chi connectivity index (χ2v) is 6.62. The molecule has 3 rings (SSSR count). The maximum absolute atomic E-state index is 13.0. The van der Waals surface area contributed by atoms with E-state index in [-0.39, 0.29) is 5.91 Å². The molecule has 1 heterocycles. The van der Waals surface area contributed by atoms with Crippen LogP contribution in [-0.4, -0.2) is 44.1 Å². The first-order chi connectivity index (χ1) is 13.8. The number of hydrogen-bond acceptors (Lipinski definition) is 4. The van der Waals surface area contributed by atoms with Crippen LogP contribution in [-0.2, 0) is 6.54 Å². The number of nitrogens with zero attached hydrogens (tertiary/aromatic N) is 5. The van der Waals surface area contributed by atoms with Crippen molar-refractivity contribution in [1.82, 2.24) is 25.1 Å². The Morgan fingerprint density at radius 2 is 1.89 bits per heavy atom. The number of aromatic nitrogens is 4. The van der Waals surface area contributed by atoms with Gasteiger partial charge in [0.2, 0.25) is 0 Å². The van der Waals surface area contributed by atoms with Crippen LogP contribution in [0.25, 0.3) is 6.08 Å². The summed E-state index contributed by atoms with van der Waals surface area (Å²) < 4.78 is 1.65. The molecule has 1 amide bonds. The van der Waals surface area contributed by atoms with Gasteiger partial charge in [0, 0.05) is 18.7 Å². The highest BCUT2D eigenvalue weighted by Crippen LogP contribution is 2.11. The summed E-state index contributed by atoms with van der Waals surface area (Å²) in [6.07, 6.45) is 7.72. The lowest BCUT2D eigenvalue weighted by Gasteiger charge is -2.21. The molecule has 144 valence electrons. The van der Waals surface area contributed by atoms with E-state index in [9.17, 15) is 4.79 Å². The fourth-order valence-corrected chi connectivity index (χ4v) is 2.88. The number of tetrazole rings is 1. The molecule has 0 radical (unpaired) electrons. The molecule has 6 heteroatoms. The number of benzene rings is 2. The van der Waals surface area contributed by atoms with E-state index in [0.717, 1.165) is 30.5 Å². The van der Waals surface area contributed by atoms with E-state index in [4.69, 9.17) is 0 Å². The van der Waals surface area contributed by atoms with Gasteiger partial charge in [0.05, 0.1) is 6.54 Å². The second-order valence-electron chi connectivity index (χ2n) is 6.62. The van der Waals surface area contributed by atoms with Gasteiger partial charge in [-0.3, -0.25) is 4.79 Å². The third-order valence-corrected chi connectivity index (χ3v) is 4.44. The Morgan fingerprint density at radius 1 is 1.11 bits per heavy atom. The molecule has 0 aliphatic rings.